The molecule has 2 rings (SSSR count). The van der Waals surface area contributed by atoms with Crippen LogP contribution in [0.25, 0.3) is 0 Å². The fourth-order valence-electron chi connectivity index (χ4n) is 1.62. The summed E-state index contributed by atoms with van der Waals surface area (Å²) in [4.78, 5) is 16.1. The Kier molecular flexibility index (Phi) is 5.26. The molecule has 0 aliphatic carbocycles. The minimum absolute atomic E-state index is 0.354. The van der Waals surface area contributed by atoms with Crippen LogP contribution in [0.4, 0.5) is 14.5 Å². The Hall–Kier alpha value is -1.96. The Morgan fingerprint density at radius 2 is 2.24 bits per heavy atom. The molecule has 0 spiro atoms. The number of hydrogen-bond acceptors (Lipinski definition) is 4. The number of aromatic nitrogens is 3. The zero-order valence-electron chi connectivity index (χ0n) is 11.3. The maximum Gasteiger partial charge on any atom is 0.257 e. The monoisotopic (exact) mass is 312 g/mol. The summed E-state index contributed by atoms with van der Waals surface area (Å²) in [6.07, 6.45) is 1.69. The fourth-order valence-corrected chi connectivity index (χ4v) is 2.21. The quantitative estimate of drug-likeness (QED) is 0.833. The maximum atomic E-state index is 12.2. The highest BCUT2D eigenvalue weighted by molar-refractivity contribution is 7.99. The predicted octanol–water partition coefficient (Wildman–Crippen LogP) is 2.91. The second-order valence-corrected chi connectivity index (χ2v) is 5.40. The third kappa shape index (κ3) is 4.52. The number of rotatable bonds is 6. The molecule has 8 heteroatoms. The van der Waals surface area contributed by atoms with Crippen LogP contribution in [-0.4, -0.2) is 32.8 Å². The van der Waals surface area contributed by atoms with E-state index in [0.717, 1.165) is 15.5 Å². The van der Waals surface area contributed by atoms with Gasteiger partial charge in [0.25, 0.3) is 12.3 Å². The molecule has 0 atom stereocenters. The van der Waals surface area contributed by atoms with Gasteiger partial charge in [0.05, 0.1) is 22.5 Å². The highest BCUT2D eigenvalue weighted by Gasteiger charge is 2.10. The smallest absolute Gasteiger partial charge is 0.257 e. The Bertz CT molecular complexity index is 600. The standard InChI is InChI=1S/C13H14F2N4OS/c1-2-21-12-4-3-9(5-16-12)13(20)18-10-6-17-19(7-10)8-11(14)15/h3-7,11H,2,8H2,1H3,(H,18,20). The molecule has 1 N–H and O–H groups in total. The second kappa shape index (κ2) is 7.16. The second-order valence-electron chi connectivity index (χ2n) is 4.11. The van der Waals surface area contributed by atoms with Crippen molar-refractivity contribution in [2.45, 2.75) is 24.9 Å². The Balaban J connectivity index is 1.98. The summed E-state index contributed by atoms with van der Waals surface area (Å²) in [5.41, 5.74) is 0.768. The number of hydrogen-bond donors (Lipinski definition) is 1. The largest absolute Gasteiger partial charge is 0.319 e. The number of anilines is 1. The number of nitrogens with zero attached hydrogens (tertiary/aromatic N) is 3. The van der Waals surface area contributed by atoms with Gasteiger partial charge < -0.3 is 5.32 Å². The minimum Gasteiger partial charge on any atom is -0.319 e. The third-order valence-electron chi connectivity index (χ3n) is 2.51. The van der Waals surface area contributed by atoms with E-state index in [0.29, 0.717) is 11.3 Å². The molecule has 2 heterocycles. The summed E-state index contributed by atoms with van der Waals surface area (Å²) < 4.78 is 25.5. The predicted molar refractivity (Wildman–Crippen MR) is 76.8 cm³/mol. The molecule has 0 aliphatic heterocycles. The molecular formula is C13H14F2N4OS. The first-order valence-corrected chi connectivity index (χ1v) is 7.28. The highest BCUT2D eigenvalue weighted by Crippen LogP contribution is 2.15. The molecule has 112 valence electrons. The number of pyridine rings is 1. The lowest BCUT2D eigenvalue weighted by atomic mass is 10.2. The van der Waals surface area contributed by atoms with Crippen LogP contribution in [0.3, 0.4) is 0 Å². The first-order valence-electron chi connectivity index (χ1n) is 6.29. The van der Waals surface area contributed by atoms with Gasteiger partial charge in [0.1, 0.15) is 6.54 Å². The molecule has 2 aromatic heterocycles. The van der Waals surface area contributed by atoms with Crippen LogP contribution >= 0.6 is 11.8 Å². The summed E-state index contributed by atoms with van der Waals surface area (Å²) >= 11 is 1.58. The average Bonchev–Trinajstić information content (AvgIpc) is 2.86. The normalized spacial score (nSPS) is 10.9. The van der Waals surface area contributed by atoms with Crippen molar-refractivity contribution in [3.63, 3.8) is 0 Å². The van der Waals surface area contributed by atoms with E-state index in [2.05, 4.69) is 15.4 Å². The van der Waals surface area contributed by atoms with Gasteiger partial charge in [0, 0.05) is 12.4 Å². The van der Waals surface area contributed by atoms with Crippen LogP contribution in [0.2, 0.25) is 0 Å². The van der Waals surface area contributed by atoms with Crippen molar-refractivity contribution >= 4 is 23.4 Å². The van der Waals surface area contributed by atoms with E-state index in [-0.39, 0.29) is 5.91 Å². The molecule has 0 aliphatic rings. The molecule has 0 fully saturated rings. The molecule has 2 aromatic rings. The zero-order valence-corrected chi connectivity index (χ0v) is 12.1. The van der Waals surface area contributed by atoms with Gasteiger partial charge in [-0.1, -0.05) is 6.92 Å². The number of nitrogens with one attached hydrogen (secondary N) is 1. The van der Waals surface area contributed by atoms with Crippen molar-refractivity contribution in [1.29, 1.82) is 0 Å². The lowest BCUT2D eigenvalue weighted by Crippen LogP contribution is -2.12. The van der Waals surface area contributed by atoms with E-state index in [1.165, 1.54) is 18.6 Å². The molecular weight excluding hydrogens is 298 g/mol. The van der Waals surface area contributed by atoms with E-state index in [1.807, 2.05) is 6.92 Å². The van der Waals surface area contributed by atoms with Crippen LogP contribution in [0.5, 0.6) is 0 Å². The topological polar surface area (TPSA) is 59.8 Å². The summed E-state index contributed by atoms with van der Waals surface area (Å²) in [6.45, 7) is 1.52. The lowest BCUT2D eigenvalue weighted by molar-refractivity contribution is 0.102. The van der Waals surface area contributed by atoms with Crippen LogP contribution < -0.4 is 5.32 Å². The number of halogens is 2. The summed E-state index contributed by atoms with van der Waals surface area (Å²) in [7, 11) is 0. The molecule has 0 radical (unpaired) electrons. The Morgan fingerprint density at radius 1 is 1.43 bits per heavy atom. The van der Waals surface area contributed by atoms with E-state index >= 15 is 0 Å². The van der Waals surface area contributed by atoms with Gasteiger partial charge in [-0.3, -0.25) is 9.48 Å². The van der Waals surface area contributed by atoms with Gasteiger partial charge in [0.2, 0.25) is 0 Å². The molecule has 5 nitrogen and oxygen atoms in total. The summed E-state index contributed by atoms with van der Waals surface area (Å²) in [5, 5.41) is 7.18. The van der Waals surface area contributed by atoms with Crippen LogP contribution in [0.15, 0.2) is 35.7 Å². The molecule has 0 aromatic carbocycles. The zero-order chi connectivity index (χ0) is 15.2. The van der Waals surface area contributed by atoms with Crippen molar-refractivity contribution < 1.29 is 13.6 Å². The van der Waals surface area contributed by atoms with E-state index < -0.39 is 13.0 Å². The van der Waals surface area contributed by atoms with E-state index in [9.17, 15) is 13.6 Å². The van der Waals surface area contributed by atoms with Gasteiger partial charge in [-0.05, 0) is 17.9 Å². The number of alkyl halides is 2. The van der Waals surface area contributed by atoms with Gasteiger partial charge >= 0.3 is 0 Å². The van der Waals surface area contributed by atoms with Crippen molar-refractivity contribution in [1.82, 2.24) is 14.8 Å². The van der Waals surface area contributed by atoms with E-state index in [4.69, 9.17) is 0 Å². The summed E-state index contributed by atoms with van der Waals surface area (Å²) in [6, 6.07) is 3.44. The molecule has 0 unspecified atom stereocenters. The van der Waals surface area contributed by atoms with Gasteiger partial charge in [-0.25, -0.2) is 13.8 Å². The molecule has 0 saturated carbocycles. The number of thioether (sulfide) groups is 1. The molecule has 21 heavy (non-hydrogen) atoms. The summed E-state index contributed by atoms with van der Waals surface area (Å²) in [5.74, 6) is 0.550. The highest BCUT2D eigenvalue weighted by atomic mass is 32.2. The van der Waals surface area contributed by atoms with Crippen molar-refractivity contribution in [2.24, 2.45) is 0 Å². The van der Waals surface area contributed by atoms with Gasteiger partial charge in [0.15, 0.2) is 0 Å². The third-order valence-corrected chi connectivity index (χ3v) is 3.33. The fraction of sp³-hybridized carbons (Fsp3) is 0.308. The molecule has 0 saturated heterocycles. The average molecular weight is 312 g/mol. The van der Waals surface area contributed by atoms with Crippen molar-refractivity contribution in [3.05, 3.63) is 36.3 Å². The van der Waals surface area contributed by atoms with Crippen molar-refractivity contribution in [2.75, 3.05) is 11.1 Å². The first kappa shape index (κ1) is 15.4. The maximum absolute atomic E-state index is 12.2. The number of carbonyl (C=O) groups is 1. The first-order chi connectivity index (χ1) is 10.1. The van der Waals surface area contributed by atoms with Gasteiger partial charge in [-0.2, -0.15) is 5.10 Å². The number of carbonyl (C=O) groups excluding carboxylic acids is 1. The van der Waals surface area contributed by atoms with Crippen LogP contribution in [0.1, 0.15) is 17.3 Å². The molecule has 0 bridgehead atoms. The van der Waals surface area contributed by atoms with Crippen molar-refractivity contribution in [3.8, 4) is 0 Å². The number of amides is 1. The molecule has 1 amide bonds. The van der Waals surface area contributed by atoms with Gasteiger partial charge in [-0.15, -0.1) is 11.8 Å². The Morgan fingerprint density at radius 3 is 2.86 bits per heavy atom. The minimum atomic E-state index is -2.48. The lowest BCUT2D eigenvalue weighted by Gasteiger charge is -2.03. The SMILES string of the molecule is CCSc1ccc(C(=O)Nc2cnn(CC(F)F)c2)cn1. The van der Waals surface area contributed by atoms with Crippen LogP contribution in [-0.2, 0) is 6.54 Å². The Labute approximate surface area is 124 Å². The van der Waals surface area contributed by atoms with E-state index in [1.54, 1.807) is 23.9 Å². The van der Waals surface area contributed by atoms with Crippen LogP contribution in [0, 0.1) is 0 Å².